The minimum atomic E-state index is -0.240. The predicted octanol–water partition coefficient (Wildman–Crippen LogP) is 3.29. The van der Waals surface area contributed by atoms with Crippen molar-refractivity contribution in [2.45, 2.75) is 13.0 Å². The summed E-state index contributed by atoms with van der Waals surface area (Å²) in [7, 11) is 0. The molecule has 0 aliphatic heterocycles. The normalized spacial score (nSPS) is 12.4. The van der Waals surface area contributed by atoms with E-state index < -0.39 is 0 Å². The molecule has 2 rings (SSSR count). The zero-order valence-corrected chi connectivity index (χ0v) is 12.1. The fraction of sp³-hybridized carbons (Fsp3) is 0.143. The molecule has 0 spiro atoms. The van der Waals surface area contributed by atoms with Crippen LogP contribution in [0.2, 0.25) is 0 Å². The zero-order valence-electron chi connectivity index (χ0n) is 9.95. The maximum Gasteiger partial charge on any atom is 0.123 e. The predicted molar refractivity (Wildman–Crippen MR) is 79.5 cm³/mol. The average molecular weight is 356 g/mol. The van der Waals surface area contributed by atoms with Crippen molar-refractivity contribution in [2.24, 2.45) is 5.84 Å². The average Bonchev–Trinajstić information content (AvgIpc) is 2.28. The van der Waals surface area contributed by atoms with Crippen LogP contribution in [0.1, 0.15) is 22.7 Å². The molecule has 2 aromatic carbocycles. The van der Waals surface area contributed by atoms with Gasteiger partial charge in [-0.3, -0.25) is 5.84 Å². The molecule has 18 heavy (non-hydrogen) atoms. The van der Waals surface area contributed by atoms with Gasteiger partial charge in [0.15, 0.2) is 0 Å². The van der Waals surface area contributed by atoms with Crippen LogP contribution in [-0.4, -0.2) is 0 Å². The van der Waals surface area contributed by atoms with Gasteiger partial charge in [0.1, 0.15) is 5.82 Å². The minimum absolute atomic E-state index is 0.200. The van der Waals surface area contributed by atoms with E-state index in [9.17, 15) is 4.39 Å². The highest BCUT2D eigenvalue weighted by Gasteiger charge is 2.13. The lowest BCUT2D eigenvalue weighted by Crippen LogP contribution is -2.29. The fourth-order valence-corrected chi connectivity index (χ4v) is 2.57. The summed E-state index contributed by atoms with van der Waals surface area (Å²) in [5.74, 6) is 5.37. The van der Waals surface area contributed by atoms with Crippen LogP contribution >= 0.6 is 22.6 Å². The summed E-state index contributed by atoms with van der Waals surface area (Å²) in [6.45, 7) is 1.87. The van der Waals surface area contributed by atoms with Crippen LogP contribution in [0.3, 0.4) is 0 Å². The largest absolute Gasteiger partial charge is 0.271 e. The number of nitrogens with two attached hydrogens (primary N) is 1. The SMILES string of the molecule is Cc1cc(F)cc(C(NN)c2cccc(I)c2)c1. The standard InChI is InChI=1S/C14H14FIN2/c1-9-5-11(7-12(15)6-9)14(18-17)10-3-2-4-13(16)8-10/h2-8,14,18H,17H2,1H3. The Morgan fingerprint density at radius 3 is 2.56 bits per heavy atom. The smallest absolute Gasteiger partial charge is 0.123 e. The van der Waals surface area contributed by atoms with Gasteiger partial charge in [0.2, 0.25) is 0 Å². The molecule has 1 unspecified atom stereocenters. The second kappa shape index (κ2) is 5.77. The third kappa shape index (κ3) is 3.07. The summed E-state index contributed by atoms with van der Waals surface area (Å²) in [5.41, 5.74) is 5.48. The molecule has 2 nitrogen and oxygen atoms in total. The van der Waals surface area contributed by atoms with Gasteiger partial charge in [-0.25, -0.2) is 9.82 Å². The van der Waals surface area contributed by atoms with E-state index in [-0.39, 0.29) is 11.9 Å². The molecule has 4 heteroatoms. The van der Waals surface area contributed by atoms with Crippen LogP contribution in [0, 0.1) is 16.3 Å². The molecule has 0 heterocycles. The minimum Gasteiger partial charge on any atom is -0.271 e. The topological polar surface area (TPSA) is 38.0 Å². The van der Waals surface area contributed by atoms with Crippen LogP contribution in [0.25, 0.3) is 0 Å². The lowest BCUT2D eigenvalue weighted by Gasteiger charge is -2.18. The van der Waals surface area contributed by atoms with Crippen LogP contribution in [0.4, 0.5) is 4.39 Å². The van der Waals surface area contributed by atoms with E-state index in [0.717, 1.165) is 20.3 Å². The van der Waals surface area contributed by atoms with E-state index in [4.69, 9.17) is 5.84 Å². The van der Waals surface area contributed by atoms with Gasteiger partial charge in [0, 0.05) is 3.57 Å². The quantitative estimate of drug-likeness (QED) is 0.503. The van der Waals surface area contributed by atoms with Gasteiger partial charge in [-0.1, -0.05) is 18.2 Å². The van der Waals surface area contributed by atoms with Crippen molar-refractivity contribution in [1.29, 1.82) is 0 Å². The molecule has 0 bridgehead atoms. The molecular formula is C14H14FIN2. The van der Waals surface area contributed by atoms with E-state index in [1.54, 1.807) is 0 Å². The van der Waals surface area contributed by atoms with Crippen molar-refractivity contribution in [1.82, 2.24) is 5.43 Å². The number of hydrogen-bond donors (Lipinski definition) is 2. The first-order chi connectivity index (χ1) is 8.60. The van der Waals surface area contributed by atoms with Gasteiger partial charge in [0.05, 0.1) is 6.04 Å². The molecule has 3 N–H and O–H groups in total. The van der Waals surface area contributed by atoms with Gasteiger partial charge >= 0.3 is 0 Å². The second-order valence-corrected chi connectivity index (χ2v) is 5.46. The Hall–Kier alpha value is -0.980. The molecule has 0 aromatic heterocycles. The Balaban J connectivity index is 2.45. The van der Waals surface area contributed by atoms with Gasteiger partial charge in [0.25, 0.3) is 0 Å². The highest BCUT2D eigenvalue weighted by atomic mass is 127. The van der Waals surface area contributed by atoms with Crippen molar-refractivity contribution in [3.8, 4) is 0 Å². The third-order valence-electron chi connectivity index (χ3n) is 2.75. The summed E-state index contributed by atoms with van der Waals surface area (Å²) in [5, 5.41) is 0. The molecule has 0 aliphatic rings. The summed E-state index contributed by atoms with van der Waals surface area (Å²) in [4.78, 5) is 0. The van der Waals surface area contributed by atoms with Gasteiger partial charge in [-0.15, -0.1) is 0 Å². The summed E-state index contributed by atoms with van der Waals surface area (Å²) >= 11 is 2.25. The molecule has 0 amide bonds. The van der Waals surface area contributed by atoms with Crippen LogP contribution < -0.4 is 11.3 Å². The molecule has 0 saturated carbocycles. The number of halogens is 2. The first-order valence-corrected chi connectivity index (χ1v) is 6.66. The first-order valence-electron chi connectivity index (χ1n) is 5.59. The molecule has 0 saturated heterocycles. The van der Waals surface area contributed by atoms with Gasteiger partial charge in [-0.2, -0.15) is 0 Å². The van der Waals surface area contributed by atoms with E-state index >= 15 is 0 Å². The molecular weight excluding hydrogens is 342 g/mol. The van der Waals surface area contributed by atoms with Crippen LogP contribution in [0.5, 0.6) is 0 Å². The van der Waals surface area contributed by atoms with Crippen molar-refractivity contribution >= 4 is 22.6 Å². The Labute approximate surface area is 120 Å². The zero-order chi connectivity index (χ0) is 13.1. The van der Waals surface area contributed by atoms with E-state index in [0.29, 0.717) is 0 Å². The number of benzene rings is 2. The first kappa shape index (κ1) is 13.5. The molecule has 0 aliphatic carbocycles. The third-order valence-corrected chi connectivity index (χ3v) is 3.42. The number of rotatable bonds is 3. The highest BCUT2D eigenvalue weighted by Crippen LogP contribution is 2.24. The van der Waals surface area contributed by atoms with Crippen molar-refractivity contribution in [2.75, 3.05) is 0 Å². The summed E-state index contributed by atoms with van der Waals surface area (Å²) < 4.78 is 14.6. The Kier molecular flexibility index (Phi) is 4.31. The number of hydrogen-bond acceptors (Lipinski definition) is 2. The fourth-order valence-electron chi connectivity index (χ4n) is 2.00. The summed E-state index contributed by atoms with van der Waals surface area (Å²) in [6.07, 6.45) is 0. The van der Waals surface area contributed by atoms with Crippen LogP contribution in [-0.2, 0) is 0 Å². The van der Waals surface area contributed by atoms with Crippen molar-refractivity contribution in [3.05, 3.63) is 68.5 Å². The lowest BCUT2D eigenvalue weighted by molar-refractivity contribution is 0.604. The van der Waals surface area contributed by atoms with Crippen molar-refractivity contribution < 1.29 is 4.39 Å². The Morgan fingerprint density at radius 1 is 1.17 bits per heavy atom. The summed E-state index contributed by atoms with van der Waals surface area (Å²) in [6, 6.07) is 12.7. The Bertz CT molecular complexity index is 537. The molecule has 2 aromatic rings. The van der Waals surface area contributed by atoms with Crippen molar-refractivity contribution in [3.63, 3.8) is 0 Å². The maximum absolute atomic E-state index is 13.4. The van der Waals surface area contributed by atoms with E-state index in [1.165, 1.54) is 12.1 Å². The molecule has 1 atom stereocenters. The second-order valence-electron chi connectivity index (χ2n) is 4.22. The highest BCUT2D eigenvalue weighted by molar-refractivity contribution is 14.1. The molecule has 0 radical (unpaired) electrons. The van der Waals surface area contributed by atoms with Gasteiger partial charge in [-0.05, 0) is 70.5 Å². The molecule has 94 valence electrons. The molecule has 0 fully saturated rings. The Morgan fingerprint density at radius 2 is 1.94 bits per heavy atom. The van der Waals surface area contributed by atoms with Gasteiger partial charge < -0.3 is 0 Å². The van der Waals surface area contributed by atoms with E-state index in [2.05, 4.69) is 28.0 Å². The number of hydrazine groups is 1. The monoisotopic (exact) mass is 356 g/mol. The van der Waals surface area contributed by atoms with E-state index in [1.807, 2.05) is 37.3 Å². The number of nitrogens with one attached hydrogen (secondary N) is 1. The van der Waals surface area contributed by atoms with Crippen LogP contribution in [0.15, 0.2) is 42.5 Å². The number of aryl methyl sites for hydroxylation is 1. The maximum atomic E-state index is 13.4. The lowest BCUT2D eigenvalue weighted by atomic mass is 9.98.